The van der Waals surface area contributed by atoms with Crippen LogP contribution in [0.25, 0.3) is 0 Å². The number of amides is 1. The minimum absolute atomic E-state index is 0.00133. The minimum Gasteiger partial charge on any atom is -0.507 e. The van der Waals surface area contributed by atoms with E-state index < -0.39 is 0 Å². The second-order valence-corrected chi connectivity index (χ2v) is 4.49. The first-order chi connectivity index (χ1) is 8.49. The molecular weight excluding hydrogens is 302 g/mol. The Morgan fingerprint density at radius 3 is 2.72 bits per heavy atom. The van der Waals surface area contributed by atoms with Crippen LogP contribution in [-0.4, -0.2) is 40.0 Å². The van der Waals surface area contributed by atoms with Crippen LogP contribution in [0.4, 0.5) is 0 Å². The van der Waals surface area contributed by atoms with Crippen molar-refractivity contribution in [2.24, 2.45) is 10.9 Å². The number of likely N-dealkylation sites (N-methyl/N-ethyl adjacent to an activating group) is 1. The van der Waals surface area contributed by atoms with Crippen molar-refractivity contribution in [1.82, 2.24) is 4.90 Å². The highest BCUT2D eigenvalue weighted by Gasteiger charge is 2.18. The lowest BCUT2D eigenvalue weighted by atomic mass is 10.1. The SMILES string of the molecule is CCN(CC(N)=NO)C(=O)c1ccc(Br)cc1O. The zero-order valence-corrected chi connectivity index (χ0v) is 11.4. The van der Waals surface area contributed by atoms with Gasteiger partial charge in [-0.15, -0.1) is 0 Å². The lowest BCUT2D eigenvalue weighted by Crippen LogP contribution is -2.38. The van der Waals surface area contributed by atoms with Crippen molar-refractivity contribution in [2.45, 2.75) is 6.92 Å². The average molecular weight is 316 g/mol. The molecule has 0 saturated heterocycles. The molecule has 98 valence electrons. The number of nitrogens with two attached hydrogens (primary N) is 1. The summed E-state index contributed by atoms with van der Waals surface area (Å²) in [5.41, 5.74) is 5.54. The number of carbonyl (C=O) groups excluding carboxylic acids is 1. The van der Waals surface area contributed by atoms with Crippen molar-refractivity contribution in [1.29, 1.82) is 0 Å². The number of carbonyl (C=O) groups is 1. The van der Waals surface area contributed by atoms with Crippen LogP contribution in [0.5, 0.6) is 5.75 Å². The largest absolute Gasteiger partial charge is 0.507 e. The molecule has 18 heavy (non-hydrogen) atoms. The van der Waals surface area contributed by atoms with E-state index in [1.165, 1.54) is 17.0 Å². The predicted octanol–water partition coefficient (Wildman–Crippen LogP) is 1.36. The van der Waals surface area contributed by atoms with Crippen LogP contribution in [0, 0.1) is 0 Å². The molecular formula is C11H14BrN3O3. The normalized spacial score (nSPS) is 11.3. The lowest BCUT2D eigenvalue weighted by molar-refractivity contribution is 0.0783. The molecule has 0 aliphatic carbocycles. The molecule has 0 atom stereocenters. The first kappa shape index (κ1) is 14.3. The molecule has 0 fully saturated rings. The summed E-state index contributed by atoms with van der Waals surface area (Å²) >= 11 is 3.19. The Morgan fingerprint density at radius 1 is 1.56 bits per heavy atom. The summed E-state index contributed by atoms with van der Waals surface area (Å²) in [5, 5.41) is 21.0. The Balaban J connectivity index is 2.96. The third kappa shape index (κ3) is 3.36. The molecule has 0 saturated carbocycles. The zero-order chi connectivity index (χ0) is 13.7. The van der Waals surface area contributed by atoms with E-state index in [4.69, 9.17) is 10.9 Å². The van der Waals surface area contributed by atoms with E-state index in [-0.39, 0.29) is 29.6 Å². The van der Waals surface area contributed by atoms with Gasteiger partial charge in [0.2, 0.25) is 0 Å². The van der Waals surface area contributed by atoms with Gasteiger partial charge in [0.25, 0.3) is 5.91 Å². The molecule has 1 aromatic carbocycles. The summed E-state index contributed by atoms with van der Waals surface area (Å²) in [6, 6.07) is 4.60. The molecule has 0 heterocycles. The molecule has 0 unspecified atom stereocenters. The first-order valence-electron chi connectivity index (χ1n) is 5.23. The molecule has 1 rings (SSSR count). The monoisotopic (exact) mass is 315 g/mol. The number of benzene rings is 1. The van der Waals surface area contributed by atoms with Crippen LogP contribution >= 0.6 is 15.9 Å². The van der Waals surface area contributed by atoms with Gasteiger partial charge in [-0.25, -0.2) is 0 Å². The highest BCUT2D eigenvalue weighted by Crippen LogP contribution is 2.23. The van der Waals surface area contributed by atoms with Crippen LogP contribution in [-0.2, 0) is 0 Å². The van der Waals surface area contributed by atoms with Crippen molar-refractivity contribution in [3.05, 3.63) is 28.2 Å². The average Bonchev–Trinajstić information content (AvgIpc) is 2.34. The molecule has 7 heteroatoms. The number of rotatable bonds is 4. The van der Waals surface area contributed by atoms with Crippen molar-refractivity contribution in [3.63, 3.8) is 0 Å². The number of hydrogen-bond donors (Lipinski definition) is 3. The van der Waals surface area contributed by atoms with Crippen molar-refractivity contribution in [2.75, 3.05) is 13.1 Å². The van der Waals surface area contributed by atoms with Crippen molar-refractivity contribution < 1.29 is 15.1 Å². The number of nitrogens with zero attached hydrogens (tertiary/aromatic N) is 2. The molecule has 0 bridgehead atoms. The fourth-order valence-electron chi connectivity index (χ4n) is 1.41. The van der Waals surface area contributed by atoms with Gasteiger partial charge in [-0.2, -0.15) is 0 Å². The Bertz CT molecular complexity index is 477. The number of phenols is 1. The zero-order valence-electron chi connectivity index (χ0n) is 9.80. The quantitative estimate of drug-likeness (QED) is 0.338. The molecule has 0 aliphatic heterocycles. The van der Waals surface area contributed by atoms with E-state index in [2.05, 4.69) is 21.1 Å². The predicted molar refractivity (Wildman–Crippen MR) is 70.8 cm³/mol. The number of phenolic OH excluding ortho intramolecular Hbond substituents is 1. The van der Waals surface area contributed by atoms with Crippen molar-refractivity contribution in [3.8, 4) is 5.75 Å². The third-order valence-corrected chi connectivity index (χ3v) is 2.83. The molecule has 0 spiro atoms. The highest BCUT2D eigenvalue weighted by atomic mass is 79.9. The summed E-state index contributed by atoms with van der Waals surface area (Å²) in [5.74, 6) is -0.566. The van der Waals surface area contributed by atoms with Crippen LogP contribution in [0.15, 0.2) is 27.8 Å². The van der Waals surface area contributed by atoms with Crippen LogP contribution in [0.2, 0.25) is 0 Å². The molecule has 0 aromatic heterocycles. The van der Waals surface area contributed by atoms with Gasteiger partial charge in [-0.05, 0) is 25.1 Å². The number of oxime groups is 1. The number of aromatic hydroxyl groups is 1. The van der Waals surface area contributed by atoms with Gasteiger partial charge in [-0.3, -0.25) is 4.79 Å². The number of amidine groups is 1. The van der Waals surface area contributed by atoms with Gasteiger partial charge in [-0.1, -0.05) is 21.1 Å². The van der Waals surface area contributed by atoms with E-state index in [9.17, 15) is 9.90 Å². The Morgan fingerprint density at radius 2 is 2.22 bits per heavy atom. The maximum atomic E-state index is 12.1. The van der Waals surface area contributed by atoms with Crippen LogP contribution in [0.1, 0.15) is 17.3 Å². The molecule has 6 nitrogen and oxygen atoms in total. The van der Waals surface area contributed by atoms with E-state index >= 15 is 0 Å². The molecule has 0 radical (unpaired) electrons. The molecule has 4 N–H and O–H groups in total. The third-order valence-electron chi connectivity index (χ3n) is 2.34. The van der Waals surface area contributed by atoms with E-state index in [0.717, 1.165) is 0 Å². The fraction of sp³-hybridized carbons (Fsp3) is 0.273. The molecule has 1 amide bonds. The van der Waals surface area contributed by atoms with Crippen molar-refractivity contribution >= 4 is 27.7 Å². The number of halogens is 1. The molecule has 1 aromatic rings. The first-order valence-corrected chi connectivity index (χ1v) is 6.03. The Kier molecular flexibility index (Phi) is 4.96. The van der Waals surface area contributed by atoms with E-state index in [1.54, 1.807) is 13.0 Å². The van der Waals surface area contributed by atoms with Gasteiger partial charge in [0, 0.05) is 11.0 Å². The van der Waals surface area contributed by atoms with E-state index in [1.807, 2.05) is 0 Å². The van der Waals surface area contributed by atoms with Gasteiger partial charge < -0.3 is 20.9 Å². The van der Waals surface area contributed by atoms with Gasteiger partial charge >= 0.3 is 0 Å². The summed E-state index contributed by atoms with van der Waals surface area (Å²) in [7, 11) is 0. The van der Waals surface area contributed by atoms with Crippen LogP contribution in [0.3, 0.4) is 0 Å². The lowest BCUT2D eigenvalue weighted by Gasteiger charge is -2.20. The minimum atomic E-state index is -0.380. The highest BCUT2D eigenvalue weighted by molar-refractivity contribution is 9.10. The van der Waals surface area contributed by atoms with Gasteiger partial charge in [0.15, 0.2) is 5.84 Å². The summed E-state index contributed by atoms with van der Waals surface area (Å²) < 4.78 is 0.677. The smallest absolute Gasteiger partial charge is 0.258 e. The second kappa shape index (κ2) is 6.25. The van der Waals surface area contributed by atoms with Crippen LogP contribution < -0.4 is 5.73 Å². The fourth-order valence-corrected chi connectivity index (χ4v) is 1.76. The summed E-state index contributed by atoms with van der Waals surface area (Å²) in [4.78, 5) is 13.5. The number of hydrogen-bond acceptors (Lipinski definition) is 4. The summed E-state index contributed by atoms with van der Waals surface area (Å²) in [6.45, 7) is 2.14. The van der Waals surface area contributed by atoms with E-state index in [0.29, 0.717) is 11.0 Å². The molecule has 0 aliphatic rings. The Labute approximate surface area is 113 Å². The maximum Gasteiger partial charge on any atom is 0.258 e. The van der Waals surface area contributed by atoms with Gasteiger partial charge in [0.05, 0.1) is 12.1 Å². The summed E-state index contributed by atoms with van der Waals surface area (Å²) in [6.07, 6.45) is 0. The maximum absolute atomic E-state index is 12.1. The second-order valence-electron chi connectivity index (χ2n) is 3.57. The standard InChI is InChI=1S/C11H14BrN3O3/c1-2-15(6-10(13)14-18)11(17)8-4-3-7(12)5-9(8)16/h3-5,16,18H,2,6H2,1H3,(H2,13,14). The topological polar surface area (TPSA) is 99.1 Å². The van der Waals surface area contributed by atoms with Gasteiger partial charge in [0.1, 0.15) is 5.75 Å². The Hall–Kier alpha value is -1.76.